The quantitative estimate of drug-likeness (QED) is 0.561. The van der Waals surface area contributed by atoms with E-state index in [0.29, 0.717) is 39.1 Å². The molecule has 0 aromatic heterocycles. The molecular formula is C19H26N4O4. The van der Waals surface area contributed by atoms with Crippen molar-refractivity contribution in [3.05, 3.63) is 34.4 Å². The third-order valence-corrected chi connectivity index (χ3v) is 5.36. The first-order chi connectivity index (χ1) is 13.0. The Morgan fingerprint density at radius 3 is 2.44 bits per heavy atom. The van der Waals surface area contributed by atoms with Crippen molar-refractivity contribution in [3.8, 4) is 0 Å². The van der Waals surface area contributed by atoms with E-state index < -0.39 is 4.92 Å². The molecule has 1 aromatic rings. The summed E-state index contributed by atoms with van der Waals surface area (Å²) >= 11 is 0. The molecule has 2 aliphatic rings. The van der Waals surface area contributed by atoms with Crippen LogP contribution in [0.25, 0.3) is 0 Å². The predicted octanol–water partition coefficient (Wildman–Crippen LogP) is 1.89. The van der Waals surface area contributed by atoms with E-state index in [1.807, 2.05) is 9.80 Å². The number of nitro benzene ring substituents is 1. The van der Waals surface area contributed by atoms with Crippen molar-refractivity contribution in [2.75, 3.05) is 44.2 Å². The number of amides is 2. The molecule has 2 saturated heterocycles. The van der Waals surface area contributed by atoms with E-state index in [1.54, 1.807) is 12.1 Å². The third kappa shape index (κ3) is 4.37. The summed E-state index contributed by atoms with van der Waals surface area (Å²) in [6.07, 6.45) is 2.33. The van der Waals surface area contributed by atoms with Crippen molar-refractivity contribution >= 4 is 23.2 Å². The van der Waals surface area contributed by atoms with E-state index in [-0.39, 0.29) is 23.4 Å². The SMILES string of the molecule is CCCCN1CC(C(=O)N2CCN(c3ccc([N+](=O)[O-])cc3)CC2)CC1=O. The number of carbonyl (C=O) groups excluding carboxylic acids is 2. The maximum absolute atomic E-state index is 12.8. The van der Waals surface area contributed by atoms with Gasteiger partial charge >= 0.3 is 0 Å². The van der Waals surface area contributed by atoms with Crippen molar-refractivity contribution < 1.29 is 14.5 Å². The summed E-state index contributed by atoms with van der Waals surface area (Å²) in [6, 6.07) is 6.50. The van der Waals surface area contributed by atoms with Crippen molar-refractivity contribution in [3.63, 3.8) is 0 Å². The maximum Gasteiger partial charge on any atom is 0.269 e. The van der Waals surface area contributed by atoms with Crippen LogP contribution in [-0.4, -0.2) is 65.8 Å². The molecule has 8 heteroatoms. The second-order valence-corrected chi connectivity index (χ2v) is 7.18. The normalized spacial score (nSPS) is 20.3. The Labute approximate surface area is 158 Å². The maximum atomic E-state index is 12.8. The molecule has 2 amide bonds. The topological polar surface area (TPSA) is 87.0 Å². The molecule has 0 saturated carbocycles. The minimum Gasteiger partial charge on any atom is -0.368 e. The standard InChI is InChI=1S/C19H26N4O4/c1-2-3-8-22-14-15(13-18(22)24)19(25)21-11-9-20(10-12-21)16-4-6-17(7-5-16)23(26)27/h4-7,15H,2-3,8-14H2,1H3. The molecular weight excluding hydrogens is 348 g/mol. The minimum atomic E-state index is -0.410. The highest BCUT2D eigenvalue weighted by Gasteiger charge is 2.36. The number of nitrogens with zero attached hydrogens (tertiary/aromatic N) is 4. The number of non-ortho nitro benzene ring substituents is 1. The van der Waals surface area contributed by atoms with Gasteiger partial charge in [0.25, 0.3) is 5.69 Å². The summed E-state index contributed by atoms with van der Waals surface area (Å²) in [5.74, 6) is -0.0581. The van der Waals surface area contributed by atoms with Crippen LogP contribution in [0.1, 0.15) is 26.2 Å². The first kappa shape index (κ1) is 19.1. The highest BCUT2D eigenvalue weighted by molar-refractivity contribution is 5.89. The van der Waals surface area contributed by atoms with Gasteiger partial charge in [0.05, 0.1) is 10.8 Å². The Morgan fingerprint density at radius 2 is 1.85 bits per heavy atom. The minimum absolute atomic E-state index is 0.0747. The number of anilines is 1. The molecule has 8 nitrogen and oxygen atoms in total. The van der Waals surface area contributed by atoms with Crippen molar-refractivity contribution in [1.29, 1.82) is 0 Å². The Bertz CT molecular complexity index is 698. The molecule has 1 unspecified atom stereocenters. The van der Waals surface area contributed by atoms with Gasteiger partial charge in [-0.15, -0.1) is 0 Å². The number of unbranched alkanes of at least 4 members (excludes halogenated alkanes) is 1. The summed E-state index contributed by atoms with van der Waals surface area (Å²) < 4.78 is 0. The number of likely N-dealkylation sites (tertiary alicyclic amines) is 1. The van der Waals surface area contributed by atoms with E-state index in [0.717, 1.165) is 25.1 Å². The van der Waals surface area contributed by atoms with Crippen molar-refractivity contribution in [2.24, 2.45) is 5.92 Å². The number of benzene rings is 1. The van der Waals surface area contributed by atoms with Gasteiger partial charge in [-0.2, -0.15) is 0 Å². The number of rotatable bonds is 6. The van der Waals surface area contributed by atoms with Gasteiger partial charge in [-0.3, -0.25) is 19.7 Å². The third-order valence-electron chi connectivity index (χ3n) is 5.36. The Kier molecular flexibility index (Phi) is 5.93. The highest BCUT2D eigenvalue weighted by atomic mass is 16.6. The van der Waals surface area contributed by atoms with Gasteiger partial charge < -0.3 is 14.7 Å². The average molecular weight is 374 g/mol. The van der Waals surface area contributed by atoms with Crippen LogP contribution < -0.4 is 4.90 Å². The number of hydrogen-bond donors (Lipinski definition) is 0. The zero-order valence-corrected chi connectivity index (χ0v) is 15.7. The van der Waals surface area contributed by atoms with Crippen LogP contribution in [0.5, 0.6) is 0 Å². The predicted molar refractivity (Wildman–Crippen MR) is 101 cm³/mol. The van der Waals surface area contributed by atoms with Crippen LogP contribution in [0, 0.1) is 16.0 Å². The second kappa shape index (κ2) is 8.37. The monoisotopic (exact) mass is 374 g/mol. The van der Waals surface area contributed by atoms with E-state index in [9.17, 15) is 19.7 Å². The van der Waals surface area contributed by atoms with Crippen LogP contribution >= 0.6 is 0 Å². The first-order valence-corrected chi connectivity index (χ1v) is 9.55. The van der Waals surface area contributed by atoms with Crippen LogP contribution in [0.3, 0.4) is 0 Å². The van der Waals surface area contributed by atoms with Gasteiger partial charge in [0, 0.05) is 63.5 Å². The summed E-state index contributed by atoms with van der Waals surface area (Å²) in [6.45, 7) is 5.96. The number of carbonyl (C=O) groups is 2. The average Bonchev–Trinajstić information content (AvgIpc) is 3.06. The molecule has 27 heavy (non-hydrogen) atoms. The Morgan fingerprint density at radius 1 is 1.19 bits per heavy atom. The van der Waals surface area contributed by atoms with Gasteiger partial charge in [-0.05, 0) is 18.6 Å². The van der Waals surface area contributed by atoms with Crippen LogP contribution in [0.2, 0.25) is 0 Å². The van der Waals surface area contributed by atoms with E-state index in [2.05, 4.69) is 11.8 Å². The smallest absolute Gasteiger partial charge is 0.269 e. The largest absolute Gasteiger partial charge is 0.368 e. The molecule has 0 N–H and O–H groups in total. The van der Waals surface area contributed by atoms with E-state index in [4.69, 9.17) is 0 Å². The molecule has 0 spiro atoms. The Hall–Kier alpha value is -2.64. The fourth-order valence-corrected chi connectivity index (χ4v) is 3.73. The van der Waals surface area contributed by atoms with Gasteiger partial charge in [0.15, 0.2) is 0 Å². The molecule has 0 radical (unpaired) electrons. The molecule has 2 heterocycles. The first-order valence-electron chi connectivity index (χ1n) is 9.55. The van der Waals surface area contributed by atoms with E-state index in [1.165, 1.54) is 12.1 Å². The van der Waals surface area contributed by atoms with Crippen LogP contribution in [-0.2, 0) is 9.59 Å². The number of nitro groups is 1. The zero-order chi connectivity index (χ0) is 19.4. The van der Waals surface area contributed by atoms with Crippen molar-refractivity contribution in [1.82, 2.24) is 9.80 Å². The molecule has 0 bridgehead atoms. The molecule has 0 aliphatic carbocycles. The summed E-state index contributed by atoms with van der Waals surface area (Å²) in [5.41, 5.74) is 1.00. The van der Waals surface area contributed by atoms with Crippen LogP contribution in [0.4, 0.5) is 11.4 Å². The number of hydrogen-bond acceptors (Lipinski definition) is 5. The Balaban J connectivity index is 1.52. The zero-order valence-electron chi connectivity index (χ0n) is 15.7. The second-order valence-electron chi connectivity index (χ2n) is 7.18. The number of piperazine rings is 1. The lowest BCUT2D eigenvalue weighted by atomic mass is 10.1. The summed E-state index contributed by atoms with van der Waals surface area (Å²) in [7, 11) is 0. The van der Waals surface area contributed by atoms with E-state index >= 15 is 0 Å². The summed E-state index contributed by atoms with van der Waals surface area (Å²) in [4.78, 5) is 41.0. The van der Waals surface area contributed by atoms with Gasteiger partial charge in [-0.25, -0.2) is 0 Å². The van der Waals surface area contributed by atoms with Gasteiger partial charge in [0.1, 0.15) is 0 Å². The highest BCUT2D eigenvalue weighted by Crippen LogP contribution is 2.24. The molecule has 1 aromatic carbocycles. The van der Waals surface area contributed by atoms with Gasteiger partial charge in [-0.1, -0.05) is 13.3 Å². The molecule has 146 valence electrons. The lowest BCUT2D eigenvalue weighted by molar-refractivity contribution is -0.384. The van der Waals surface area contributed by atoms with Crippen LogP contribution in [0.15, 0.2) is 24.3 Å². The van der Waals surface area contributed by atoms with Crippen molar-refractivity contribution in [2.45, 2.75) is 26.2 Å². The fraction of sp³-hybridized carbons (Fsp3) is 0.579. The summed E-state index contributed by atoms with van der Waals surface area (Å²) in [5, 5.41) is 10.8. The lowest BCUT2D eigenvalue weighted by Crippen LogP contribution is -2.50. The molecule has 2 aliphatic heterocycles. The van der Waals surface area contributed by atoms with Gasteiger partial charge in [0.2, 0.25) is 11.8 Å². The molecule has 3 rings (SSSR count). The molecule has 2 fully saturated rings. The molecule has 1 atom stereocenters. The lowest BCUT2D eigenvalue weighted by Gasteiger charge is -2.37. The fourth-order valence-electron chi connectivity index (χ4n) is 3.73.